The number of carbonyl (C=O) groups excluding carboxylic acids is 1. The van der Waals surface area contributed by atoms with Crippen molar-refractivity contribution >= 4 is 17.2 Å². The fourth-order valence-corrected chi connectivity index (χ4v) is 1.75. The molecule has 0 spiro atoms. The van der Waals surface area contributed by atoms with E-state index in [0.717, 1.165) is 17.2 Å². The van der Waals surface area contributed by atoms with Crippen molar-refractivity contribution in [2.45, 2.75) is 0 Å². The SMILES string of the molecule is O=Cc1ccc(Oc2ccc3cccnc3c2)nc1. The van der Waals surface area contributed by atoms with Gasteiger partial charge in [-0.3, -0.25) is 9.78 Å². The van der Waals surface area contributed by atoms with Crippen LogP contribution in [0, 0.1) is 0 Å². The number of rotatable bonds is 3. The van der Waals surface area contributed by atoms with Crippen LogP contribution >= 0.6 is 0 Å². The van der Waals surface area contributed by atoms with Crippen LogP contribution in [0.25, 0.3) is 10.9 Å². The van der Waals surface area contributed by atoms with Gasteiger partial charge < -0.3 is 4.74 Å². The number of hydrogen-bond donors (Lipinski definition) is 0. The van der Waals surface area contributed by atoms with Gasteiger partial charge in [0.2, 0.25) is 5.88 Å². The second kappa shape index (κ2) is 4.86. The Morgan fingerprint density at radius 1 is 1.05 bits per heavy atom. The summed E-state index contributed by atoms with van der Waals surface area (Å²) in [5.41, 5.74) is 1.39. The van der Waals surface area contributed by atoms with Gasteiger partial charge in [-0.25, -0.2) is 4.98 Å². The van der Waals surface area contributed by atoms with Gasteiger partial charge >= 0.3 is 0 Å². The van der Waals surface area contributed by atoms with Gasteiger partial charge in [-0.05, 0) is 24.3 Å². The average molecular weight is 250 g/mol. The Kier molecular flexibility index (Phi) is 2.90. The van der Waals surface area contributed by atoms with Gasteiger partial charge in [0, 0.05) is 35.5 Å². The van der Waals surface area contributed by atoms with E-state index in [0.29, 0.717) is 17.2 Å². The molecule has 0 aliphatic rings. The highest BCUT2D eigenvalue weighted by Gasteiger charge is 2.01. The Balaban J connectivity index is 1.89. The fraction of sp³-hybridized carbons (Fsp3) is 0. The largest absolute Gasteiger partial charge is 0.439 e. The summed E-state index contributed by atoms with van der Waals surface area (Å²) in [5.74, 6) is 1.11. The molecule has 3 rings (SSSR count). The second-order valence-electron chi connectivity index (χ2n) is 4.01. The molecule has 4 heteroatoms. The molecule has 2 heterocycles. The number of benzene rings is 1. The van der Waals surface area contributed by atoms with Crippen molar-refractivity contribution in [2.24, 2.45) is 0 Å². The van der Waals surface area contributed by atoms with E-state index in [-0.39, 0.29) is 0 Å². The van der Waals surface area contributed by atoms with Gasteiger partial charge in [-0.15, -0.1) is 0 Å². The first kappa shape index (κ1) is 11.3. The van der Waals surface area contributed by atoms with Crippen molar-refractivity contribution in [1.82, 2.24) is 9.97 Å². The predicted molar refractivity (Wildman–Crippen MR) is 71.4 cm³/mol. The van der Waals surface area contributed by atoms with E-state index >= 15 is 0 Å². The molecule has 0 fully saturated rings. The molecular formula is C15H10N2O2. The maximum absolute atomic E-state index is 10.5. The van der Waals surface area contributed by atoms with E-state index in [4.69, 9.17) is 4.74 Å². The molecule has 0 radical (unpaired) electrons. The van der Waals surface area contributed by atoms with Crippen molar-refractivity contribution < 1.29 is 9.53 Å². The molecule has 2 aromatic heterocycles. The first-order valence-electron chi connectivity index (χ1n) is 5.79. The molecule has 4 nitrogen and oxygen atoms in total. The maximum atomic E-state index is 10.5. The molecule has 3 aromatic rings. The number of ether oxygens (including phenoxy) is 1. The molecule has 0 unspecified atom stereocenters. The molecule has 0 atom stereocenters. The van der Waals surface area contributed by atoms with E-state index in [1.807, 2.05) is 30.3 Å². The van der Waals surface area contributed by atoms with Crippen molar-refractivity contribution in [3.63, 3.8) is 0 Å². The third kappa shape index (κ3) is 2.42. The molecule has 0 bridgehead atoms. The predicted octanol–water partition coefficient (Wildman–Crippen LogP) is 3.23. The molecule has 0 aliphatic heterocycles. The first-order valence-corrected chi connectivity index (χ1v) is 5.79. The van der Waals surface area contributed by atoms with Crippen LogP contribution in [0.3, 0.4) is 0 Å². The molecule has 19 heavy (non-hydrogen) atoms. The number of pyridine rings is 2. The molecule has 92 valence electrons. The number of fused-ring (bicyclic) bond motifs is 1. The Hall–Kier alpha value is -2.75. The summed E-state index contributed by atoms with van der Waals surface area (Å²) in [4.78, 5) is 18.8. The smallest absolute Gasteiger partial charge is 0.219 e. The molecule has 1 aromatic carbocycles. The van der Waals surface area contributed by atoms with Gasteiger partial charge in [-0.1, -0.05) is 6.07 Å². The number of aromatic nitrogens is 2. The van der Waals surface area contributed by atoms with Crippen LogP contribution in [0.2, 0.25) is 0 Å². The molecule has 0 N–H and O–H groups in total. The lowest BCUT2D eigenvalue weighted by Gasteiger charge is -2.05. The second-order valence-corrected chi connectivity index (χ2v) is 4.01. The molecule has 0 aliphatic carbocycles. The van der Waals surface area contributed by atoms with Gasteiger partial charge in [0.05, 0.1) is 5.52 Å². The lowest BCUT2D eigenvalue weighted by atomic mass is 10.2. The molecule has 0 amide bonds. The van der Waals surface area contributed by atoms with Crippen molar-refractivity contribution in [3.05, 3.63) is 60.4 Å². The van der Waals surface area contributed by atoms with Crippen molar-refractivity contribution in [3.8, 4) is 11.6 Å². The fourth-order valence-electron chi connectivity index (χ4n) is 1.75. The third-order valence-corrected chi connectivity index (χ3v) is 2.70. The van der Waals surface area contributed by atoms with Crippen LogP contribution < -0.4 is 4.74 Å². The number of aldehydes is 1. The van der Waals surface area contributed by atoms with Crippen molar-refractivity contribution in [1.29, 1.82) is 0 Å². The highest BCUT2D eigenvalue weighted by atomic mass is 16.5. The summed E-state index contributed by atoms with van der Waals surface area (Å²) in [6.07, 6.45) is 3.96. The Labute approximate surface area is 109 Å². The van der Waals surface area contributed by atoms with Gasteiger partial charge in [0.15, 0.2) is 6.29 Å². The zero-order valence-corrected chi connectivity index (χ0v) is 9.98. The van der Waals surface area contributed by atoms with Crippen molar-refractivity contribution in [2.75, 3.05) is 0 Å². The first-order chi connectivity index (χ1) is 9.35. The molecular weight excluding hydrogens is 240 g/mol. The van der Waals surface area contributed by atoms with Crippen LogP contribution in [0.15, 0.2) is 54.9 Å². The summed E-state index contributed by atoms with van der Waals surface area (Å²) >= 11 is 0. The molecule has 0 saturated carbocycles. The number of carbonyl (C=O) groups is 1. The van der Waals surface area contributed by atoms with E-state index in [2.05, 4.69) is 9.97 Å². The number of hydrogen-bond acceptors (Lipinski definition) is 4. The van der Waals surface area contributed by atoms with Crippen LogP contribution in [0.5, 0.6) is 11.6 Å². The van der Waals surface area contributed by atoms with Crippen LogP contribution in [0.1, 0.15) is 10.4 Å². The minimum Gasteiger partial charge on any atom is -0.439 e. The maximum Gasteiger partial charge on any atom is 0.219 e. The normalized spacial score (nSPS) is 10.3. The molecule has 0 saturated heterocycles. The minimum absolute atomic E-state index is 0.445. The summed E-state index contributed by atoms with van der Waals surface area (Å²) in [5, 5.41) is 1.05. The number of nitrogens with zero attached hydrogens (tertiary/aromatic N) is 2. The zero-order valence-electron chi connectivity index (χ0n) is 9.98. The van der Waals surface area contributed by atoms with Crippen LogP contribution in [-0.2, 0) is 0 Å². The Morgan fingerprint density at radius 2 is 2.00 bits per heavy atom. The summed E-state index contributed by atoms with van der Waals surface area (Å²) in [6.45, 7) is 0. The topological polar surface area (TPSA) is 52.1 Å². The summed E-state index contributed by atoms with van der Waals surface area (Å²) < 4.78 is 5.62. The van der Waals surface area contributed by atoms with Gasteiger partial charge in [0.25, 0.3) is 0 Å². The average Bonchev–Trinajstić information content (AvgIpc) is 2.48. The standard InChI is InChI=1S/C15H10N2O2/c18-10-11-3-6-15(17-9-11)19-13-5-4-12-2-1-7-16-14(12)8-13/h1-10H. The monoisotopic (exact) mass is 250 g/mol. The van der Waals surface area contributed by atoms with Crippen LogP contribution in [0.4, 0.5) is 0 Å². The summed E-state index contributed by atoms with van der Waals surface area (Å²) in [7, 11) is 0. The Bertz CT molecular complexity index is 724. The van der Waals surface area contributed by atoms with Gasteiger partial charge in [-0.2, -0.15) is 0 Å². The third-order valence-electron chi connectivity index (χ3n) is 2.70. The van der Waals surface area contributed by atoms with E-state index in [1.54, 1.807) is 18.3 Å². The highest BCUT2D eigenvalue weighted by Crippen LogP contribution is 2.23. The zero-order chi connectivity index (χ0) is 13.1. The Morgan fingerprint density at radius 3 is 2.79 bits per heavy atom. The highest BCUT2D eigenvalue weighted by molar-refractivity contribution is 5.79. The van der Waals surface area contributed by atoms with Crippen LogP contribution in [-0.4, -0.2) is 16.3 Å². The van der Waals surface area contributed by atoms with E-state index in [9.17, 15) is 4.79 Å². The minimum atomic E-state index is 0.445. The lowest BCUT2D eigenvalue weighted by Crippen LogP contribution is -1.89. The quantitative estimate of drug-likeness (QED) is 0.669. The summed E-state index contributed by atoms with van der Waals surface area (Å²) in [6, 6.07) is 12.9. The lowest BCUT2D eigenvalue weighted by molar-refractivity contribution is 0.112. The van der Waals surface area contributed by atoms with E-state index < -0.39 is 0 Å². The van der Waals surface area contributed by atoms with E-state index in [1.165, 1.54) is 6.20 Å². The van der Waals surface area contributed by atoms with Gasteiger partial charge in [0.1, 0.15) is 5.75 Å².